The van der Waals surface area contributed by atoms with Gasteiger partial charge in [-0.05, 0) is 32.0 Å². The lowest BCUT2D eigenvalue weighted by Gasteiger charge is -2.11. The molecule has 66 valence electrons. The molecule has 3 N–H and O–H groups in total. The van der Waals surface area contributed by atoms with E-state index in [4.69, 9.17) is 5.73 Å². The first-order valence-electron chi connectivity index (χ1n) is 4.24. The highest BCUT2D eigenvalue weighted by molar-refractivity contribution is 5.46. The van der Waals surface area contributed by atoms with Gasteiger partial charge in [-0.3, -0.25) is 0 Å². The molecule has 0 fully saturated rings. The van der Waals surface area contributed by atoms with E-state index in [-0.39, 0.29) is 0 Å². The van der Waals surface area contributed by atoms with Crippen molar-refractivity contribution in [1.29, 1.82) is 0 Å². The van der Waals surface area contributed by atoms with E-state index in [1.165, 1.54) is 5.56 Å². The summed E-state index contributed by atoms with van der Waals surface area (Å²) in [5, 5.41) is 3.19. The van der Waals surface area contributed by atoms with Crippen LogP contribution in [0, 0.1) is 0 Å². The van der Waals surface area contributed by atoms with Crippen LogP contribution >= 0.6 is 0 Å². The van der Waals surface area contributed by atoms with Gasteiger partial charge >= 0.3 is 0 Å². The highest BCUT2D eigenvalue weighted by Crippen LogP contribution is 2.12. The molecule has 0 spiro atoms. The van der Waals surface area contributed by atoms with Crippen LogP contribution in [0.15, 0.2) is 24.3 Å². The highest BCUT2D eigenvalue weighted by atomic mass is 14.8. The Morgan fingerprint density at radius 1 is 1.42 bits per heavy atom. The van der Waals surface area contributed by atoms with Gasteiger partial charge in [-0.2, -0.15) is 0 Å². The van der Waals surface area contributed by atoms with Gasteiger partial charge in [0, 0.05) is 11.7 Å². The molecule has 0 amide bonds. The van der Waals surface area contributed by atoms with E-state index in [0.29, 0.717) is 6.04 Å². The molecule has 0 aliphatic heterocycles. The second-order valence-electron chi connectivity index (χ2n) is 3.09. The monoisotopic (exact) mass is 164 g/mol. The number of nitrogens with two attached hydrogens (primary N) is 1. The lowest BCUT2D eigenvalue weighted by atomic mass is 10.1. The van der Waals surface area contributed by atoms with Crippen LogP contribution in [0.25, 0.3) is 0 Å². The first-order valence-corrected chi connectivity index (χ1v) is 4.24. The second-order valence-corrected chi connectivity index (χ2v) is 3.09. The number of nitrogens with one attached hydrogen (secondary N) is 1. The van der Waals surface area contributed by atoms with Gasteiger partial charge in [0.15, 0.2) is 0 Å². The van der Waals surface area contributed by atoms with E-state index in [0.717, 1.165) is 12.1 Å². The maximum absolute atomic E-state index is 5.80. The Balaban J connectivity index is 2.69. The van der Waals surface area contributed by atoms with Crippen molar-refractivity contribution >= 4 is 5.69 Å². The Morgan fingerprint density at radius 3 is 2.67 bits per heavy atom. The summed E-state index contributed by atoms with van der Waals surface area (Å²) < 4.78 is 0. The third-order valence-electron chi connectivity index (χ3n) is 2.07. The summed E-state index contributed by atoms with van der Waals surface area (Å²) in [4.78, 5) is 0. The van der Waals surface area contributed by atoms with Gasteiger partial charge < -0.3 is 11.1 Å². The first-order chi connectivity index (χ1) is 5.74. The summed E-state index contributed by atoms with van der Waals surface area (Å²) in [6.45, 7) is 2.15. The summed E-state index contributed by atoms with van der Waals surface area (Å²) in [6.07, 6.45) is 0.989. The Labute approximate surface area is 73.8 Å². The van der Waals surface area contributed by atoms with Crippen LogP contribution < -0.4 is 11.1 Å². The van der Waals surface area contributed by atoms with E-state index in [1.807, 2.05) is 25.2 Å². The van der Waals surface area contributed by atoms with Crippen molar-refractivity contribution < 1.29 is 0 Å². The maximum Gasteiger partial charge on any atom is 0.0347 e. The van der Waals surface area contributed by atoms with Gasteiger partial charge in [0.1, 0.15) is 0 Å². The molecular formula is C10H16N2. The van der Waals surface area contributed by atoms with E-state index < -0.39 is 0 Å². The molecule has 2 nitrogen and oxygen atoms in total. The van der Waals surface area contributed by atoms with Crippen molar-refractivity contribution in [3.8, 4) is 0 Å². The number of hydrogen-bond donors (Lipinski definition) is 2. The standard InChI is InChI=1S/C10H16N2/c1-8(12-2)7-9-5-3-4-6-10(9)11/h3-6,8,12H,7,11H2,1-2H3. The highest BCUT2D eigenvalue weighted by Gasteiger charge is 2.02. The molecule has 1 rings (SSSR count). The Hall–Kier alpha value is -1.02. The largest absolute Gasteiger partial charge is 0.399 e. The molecule has 1 aromatic rings. The van der Waals surface area contributed by atoms with Crippen LogP contribution in [0.1, 0.15) is 12.5 Å². The summed E-state index contributed by atoms with van der Waals surface area (Å²) in [5.41, 5.74) is 7.91. The number of anilines is 1. The fraction of sp³-hybridized carbons (Fsp3) is 0.400. The maximum atomic E-state index is 5.80. The topological polar surface area (TPSA) is 38.0 Å². The number of benzene rings is 1. The minimum absolute atomic E-state index is 0.481. The molecule has 0 radical (unpaired) electrons. The number of hydrogen-bond acceptors (Lipinski definition) is 2. The van der Waals surface area contributed by atoms with E-state index in [2.05, 4.69) is 18.3 Å². The predicted octanol–water partition coefficient (Wildman–Crippen LogP) is 1.42. The minimum atomic E-state index is 0.481. The number of likely N-dealkylation sites (N-methyl/N-ethyl adjacent to an activating group) is 1. The van der Waals surface area contributed by atoms with E-state index in [1.54, 1.807) is 0 Å². The van der Waals surface area contributed by atoms with Crippen LogP contribution in [0.4, 0.5) is 5.69 Å². The van der Waals surface area contributed by atoms with Crippen LogP contribution in [-0.2, 0) is 6.42 Å². The molecule has 12 heavy (non-hydrogen) atoms. The Morgan fingerprint density at radius 2 is 2.08 bits per heavy atom. The number of rotatable bonds is 3. The quantitative estimate of drug-likeness (QED) is 0.663. The Kier molecular flexibility index (Phi) is 3.11. The van der Waals surface area contributed by atoms with Gasteiger partial charge in [0.05, 0.1) is 0 Å². The van der Waals surface area contributed by atoms with Crippen molar-refractivity contribution in [2.24, 2.45) is 0 Å². The second kappa shape index (κ2) is 4.12. The zero-order chi connectivity index (χ0) is 8.97. The SMILES string of the molecule is CNC(C)Cc1ccccc1N. The molecule has 1 unspecified atom stereocenters. The van der Waals surface area contributed by atoms with Crippen molar-refractivity contribution in [2.75, 3.05) is 12.8 Å². The van der Waals surface area contributed by atoms with Gasteiger partial charge in [-0.25, -0.2) is 0 Å². The van der Waals surface area contributed by atoms with Crippen molar-refractivity contribution in [3.05, 3.63) is 29.8 Å². The molecule has 1 atom stereocenters. The Bertz CT molecular complexity index is 245. The molecule has 0 aliphatic carbocycles. The fourth-order valence-electron chi connectivity index (χ4n) is 1.15. The molecule has 1 aromatic carbocycles. The smallest absolute Gasteiger partial charge is 0.0347 e. The predicted molar refractivity (Wildman–Crippen MR) is 53.1 cm³/mol. The van der Waals surface area contributed by atoms with Gasteiger partial charge in [0.2, 0.25) is 0 Å². The van der Waals surface area contributed by atoms with Crippen LogP contribution in [0.3, 0.4) is 0 Å². The molecule has 0 aromatic heterocycles. The fourth-order valence-corrected chi connectivity index (χ4v) is 1.15. The van der Waals surface area contributed by atoms with Gasteiger partial charge in [0.25, 0.3) is 0 Å². The summed E-state index contributed by atoms with van der Waals surface area (Å²) in [6, 6.07) is 8.48. The van der Waals surface area contributed by atoms with Gasteiger partial charge in [-0.15, -0.1) is 0 Å². The van der Waals surface area contributed by atoms with Crippen LogP contribution in [0.5, 0.6) is 0 Å². The van der Waals surface area contributed by atoms with E-state index in [9.17, 15) is 0 Å². The molecule has 0 saturated heterocycles. The van der Waals surface area contributed by atoms with Crippen molar-refractivity contribution in [2.45, 2.75) is 19.4 Å². The van der Waals surface area contributed by atoms with Crippen LogP contribution in [0.2, 0.25) is 0 Å². The average molecular weight is 164 g/mol. The summed E-state index contributed by atoms with van der Waals surface area (Å²) in [7, 11) is 1.96. The number of para-hydroxylation sites is 1. The zero-order valence-corrected chi connectivity index (χ0v) is 7.67. The third-order valence-corrected chi connectivity index (χ3v) is 2.07. The third kappa shape index (κ3) is 2.24. The average Bonchev–Trinajstić information content (AvgIpc) is 2.09. The van der Waals surface area contributed by atoms with Crippen molar-refractivity contribution in [3.63, 3.8) is 0 Å². The van der Waals surface area contributed by atoms with E-state index >= 15 is 0 Å². The normalized spacial score (nSPS) is 12.8. The summed E-state index contributed by atoms with van der Waals surface area (Å²) >= 11 is 0. The molecule has 0 saturated carbocycles. The summed E-state index contributed by atoms with van der Waals surface area (Å²) in [5.74, 6) is 0. The molecule has 0 heterocycles. The lowest BCUT2D eigenvalue weighted by molar-refractivity contribution is 0.609. The molecular weight excluding hydrogens is 148 g/mol. The minimum Gasteiger partial charge on any atom is -0.399 e. The number of nitrogen functional groups attached to an aromatic ring is 1. The zero-order valence-electron chi connectivity index (χ0n) is 7.67. The first kappa shape index (κ1) is 9.07. The van der Waals surface area contributed by atoms with Gasteiger partial charge in [-0.1, -0.05) is 18.2 Å². The molecule has 0 aliphatic rings. The molecule has 0 bridgehead atoms. The lowest BCUT2D eigenvalue weighted by Crippen LogP contribution is -2.23. The van der Waals surface area contributed by atoms with Crippen LogP contribution in [-0.4, -0.2) is 13.1 Å². The van der Waals surface area contributed by atoms with Crippen molar-refractivity contribution in [1.82, 2.24) is 5.32 Å². The molecule has 2 heteroatoms.